The predicted octanol–water partition coefficient (Wildman–Crippen LogP) is 6.12. The molecule has 0 aliphatic carbocycles. The van der Waals surface area contributed by atoms with E-state index in [4.69, 9.17) is 0 Å². The summed E-state index contributed by atoms with van der Waals surface area (Å²) < 4.78 is 38.9. The second kappa shape index (κ2) is 12.7. The molecule has 0 aliphatic rings. The molecule has 0 saturated carbocycles. The minimum Gasteiger partial charge on any atom is -0.361 e. The predicted molar refractivity (Wildman–Crippen MR) is 142 cm³/mol. The maximum Gasteiger partial charge on any atom is 0.416 e. The number of benzene rings is 2. The van der Waals surface area contributed by atoms with Gasteiger partial charge in [-0.1, -0.05) is 37.3 Å². The van der Waals surface area contributed by atoms with Crippen LogP contribution in [-0.2, 0) is 6.18 Å². The van der Waals surface area contributed by atoms with E-state index in [1.807, 2.05) is 0 Å². The molecular weight excluding hydrogens is 503 g/mol. The quantitative estimate of drug-likeness (QED) is 0.259. The van der Waals surface area contributed by atoms with Crippen molar-refractivity contribution in [1.82, 2.24) is 9.88 Å². The van der Waals surface area contributed by atoms with Crippen molar-refractivity contribution in [3.8, 4) is 0 Å². The van der Waals surface area contributed by atoms with Crippen LogP contribution >= 0.6 is 11.3 Å². The molecule has 2 aromatic carbocycles. The Morgan fingerprint density at radius 3 is 2.49 bits per heavy atom. The van der Waals surface area contributed by atoms with Crippen molar-refractivity contribution in [2.75, 3.05) is 42.1 Å². The van der Waals surface area contributed by atoms with Crippen molar-refractivity contribution in [3.63, 3.8) is 0 Å². The third kappa shape index (κ3) is 8.02. The topological polar surface area (TPSA) is 86.4 Å². The molecule has 0 aliphatic heterocycles. The Kier molecular flexibility index (Phi) is 9.65. The van der Waals surface area contributed by atoms with Gasteiger partial charge in [-0.25, -0.2) is 4.98 Å². The number of nitrogens with zero attached hydrogens (tertiary/aromatic N) is 2. The lowest BCUT2D eigenvalue weighted by Crippen LogP contribution is -2.25. The smallest absolute Gasteiger partial charge is 0.361 e. The van der Waals surface area contributed by atoms with Gasteiger partial charge in [-0.05, 0) is 68.9 Å². The highest BCUT2D eigenvalue weighted by atomic mass is 32.1. The summed E-state index contributed by atoms with van der Waals surface area (Å²) in [6, 6.07) is 9.07. The molecule has 0 saturated heterocycles. The summed E-state index contributed by atoms with van der Waals surface area (Å²) in [4.78, 5) is 32.4. The van der Waals surface area contributed by atoms with Crippen molar-refractivity contribution in [3.05, 3.63) is 70.2 Å². The third-order valence-corrected chi connectivity index (χ3v) is 6.70. The number of anilines is 3. The molecule has 0 fully saturated rings. The van der Waals surface area contributed by atoms with Crippen molar-refractivity contribution >= 4 is 39.7 Å². The van der Waals surface area contributed by atoms with Gasteiger partial charge < -0.3 is 20.9 Å². The van der Waals surface area contributed by atoms with Gasteiger partial charge in [0.15, 0.2) is 5.13 Å². The van der Waals surface area contributed by atoms with Gasteiger partial charge in [0.25, 0.3) is 11.8 Å². The summed E-state index contributed by atoms with van der Waals surface area (Å²) in [7, 11) is 0. The van der Waals surface area contributed by atoms with Crippen molar-refractivity contribution in [1.29, 1.82) is 0 Å². The molecule has 3 N–H and O–H groups in total. The first-order valence-electron chi connectivity index (χ1n) is 11.9. The zero-order valence-electron chi connectivity index (χ0n) is 20.9. The Morgan fingerprint density at radius 2 is 1.78 bits per heavy atom. The Morgan fingerprint density at radius 1 is 1.03 bits per heavy atom. The SMILES string of the molecule is CCN(CC)CCCNc1ncc(C(=O)Nc2cc(NC(=O)c3cccc(C(F)(F)F)c3)ccc2C)s1. The highest BCUT2D eigenvalue weighted by molar-refractivity contribution is 7.17. The van der Waals surface area contributed by atoms with Crippen LogP contribution in [0.3, 0.4) is 0 Å². The largest absolute Gasteiger partial charge is 0.416 e. The fourth-order valence-corrected chi connectivity index (χ4v) is 4.29. The monoisotopic (exact) mass is 533 g/mol. The molecular formula is C26H30F3N5O2S. The lowest BCUT2D eigenvalue weighted by molar-refractivity contribution is -0.137. The number of aryl methyl sites for hydroxylation is 1. The van der Waals surface area contributed by atoms with Gasteiger partial charge in [0, 0.05) is 23.5 Å². The van der Waals surface area contributed by atoms with E-state index in [1.165, 1.54) is 29.7 Å². The lowest BCUT2D eigenvalue weighted by Gasteiger charge is -2.17. The second-order valence-electron chi connectivity index (χ2n) is 8.35. The number of amides is 2. The number of halogens is 3. The van der Waals surface area contributed by atoms with Crippen molar-refractivity contribution in [2.24, 2.45) is 0 Å². The van der Waals surface area contributed by atoms with Gasteiger partial charge in [-0.15, -0.1) is 0 Å². The standard InChI is InChI=1S/C26H30F3N5O2S/c1-4-34(5-2)13-7-12-30-25-31-16-22(37-25)24(36)33-21-15-20(11-10-17(21)3)32-23(35)18-8-6-9-19(14-18)26(27,28)29/h6,8-11,14-16H,4-5,7,12-13H2,1-3H3,(H,30,31)(H,32,35)(H,33,36). The molecule has 11 heteroatoms. The van der Waals surface area contributed by atoms with Crippen molar-refractivity contribution in [2.45, 2.75) is 33.4 Å². The van der Waals surface area contributed by atoms with E-state index < -0.39 is 17.6 Å². The maximum atomic E-state index is 13.0. The average molecular weight is 534 g/mol. The molecule has 0 radical (unpaired) electrons. The first-order chi connectivity index (χ1) is 17.6. The first kappa shape index (κ1) is 28.1. The molecule has 2 amide bonds. The summed E-state index contributed by atoms with van der Waals surface area (Å²) >= 11 is 1.24. The van der Waals surface area contributed by atoms with Gasteiger partial charge in [0.05, 0.1) is 11.8 Å². The number of alkyl halides is 3. The molecule has 0 bridgehead atoms. The van der Waals surface area contributed by atoms with Crippen LogP contribution in [0.25, 0.3) is 0 Å². The molecule has 0 spiro atoms. The zero-order valence-corrected chi connectivity index (χ0v) is 21.7. The lowest BCUT2D eigenvalue weighted by atomic mass is 10.1. The van der Waals surface area contributed by atoms with Crippen LogP contribution in [0, 0.1) is 6.92 Å². The molecule has 0 atom stereocenters. The fourth-order valence-electron chi connectivity index (χ4n) is 3.56. The van der Waals surface area contributed by atoms with Crippen LogP contribution in [0.15, 0.2) is 48.7 Å². The highest BCUT2D eigenvalue weighted by Gasteiger charge is 2.30. The molecule has 0 unspecified atom stereocenters. The summed E-state index contributed by atoms with van der Waals surface area (Å²) in [6.07, 6.45) is -2.09. The Hall–Kier alpha value is -3.44. The van der Waals surface area contributed by atoms with Crippen LogP contribution in [0.4, 0.5) is 29.7 Å². The van der Waals surface area contributed by atoms with E-state index in [0.717, 1.165) is 50.3 Å². The fraction of sp³-hybridized carbons (Fsp3) is 0.346. The van der Waals surface area contributed by atoms with Crippen LogP contribution in [0.2, 0.25) is 0 Å². The summed E-state index contributed by atoms with van der Waals surface area (Å²) in [5, 5.41) is 9.30. The van der Waals surface area contributed by atoms with E-state index in [0.29, 0.717) is 21.4 Å². The maximum absolute atomic E-state index is 13.0. The normalized spacial score (nSPS) is 11.4. The first-order valence-corrected chi connectivity index (χ1v) is 12.7. The second-order valence-corrected chi connectivity index (χ2v) is 9.38. The van der Waals surface area contributed by atoms with E-state index >= 15 is 0 Å². The summed E-state index contributed by atoms with van der Waals surface area (Å²) in [6.45, 7) is 9.80. The number of rotatable bonds is 11. The minimum absolute atomic E-state index is 0.122. The van der Waals surface area contributed by atoms with Gasteiger partial charge in [0.1, 0.15) is 4.88 Å². The van der Waals surface area contributed by atoms with E-state index in [9.17, 15) is 22.8 Å². The van der Waals surface area contributed by atoms with Crippen molar-refractivity contribution < 1.29 is 22.8 Å². The number of carbonyl (C=O) groups is 2. The number of carbonyl (C=O) groups excluding carboxylic acids is 2. The molecule has 1 heterocycles. The summed E-state index contributed by atoms with van der Waals surface area (Å²) in [5.41, 5.74) is 0.531. The van der Waals surface area contributed by atoms with E-state index in [2.05, 4.69) is 39.7 Å². The minimum atomic E-state index is -4.55. The third-order valence-electron chi connectivity index (χ3n) is 5.75. The Balaban J connectivity index is 1.61. The molecule has 198 valence electrons. The molecule has 1 aromatic heterocycles. The number of hydrogen-bond donors (Lipinski definition) is 3. The average Bonchev–Trinajstić information content (AvgIpc) is 3.35. The van der Waals surface area contributed by atoms with Gasteiger partial charge in [-0.3, -0.25) is 9.59 Å². The zero-order chi connectivity index (χ0) is 27.0. The van der Waals surface area contributed by atoms with Crippen LogP contribution in [-0.4, -0.2) is 47.9 Å². The number of aromatic nitrogens is 1. The molecule has 3 rings (SSSR count). The number of thiazole rings is 1. The van der Waals surface area contributed by atoms with Gasteiger partial charge in [0.2, 0.25) is 0 Å². The van der Waals surface area contributed by atoms with Crippen LogP contribution in [0.1, 0.15) is 51.4 Å². The van der Waals surface area contributed by atoms with E-state index in [1.54, 1.807) is 25.1 Å². The number of nitrogens with one attached hydrogen (secondary N) is 3. The Labute approximate surface area is 218 Å². The molecule has 37 heavy (non-hydrogen) atoms. The van der Waals surface area contributed by atoms with Crippen LogP contribution in [0.5, 0.6) is 0 Å². The van der Waals surface area contributed by atoms with Gasteiger partial charge in [-0.2, -0.15) is 13.2 Å². The molecule has 7 nitrogen and oxygen atoms in total. The molecule has 3 aromatic rings. The van der Waals surface area contributed by atoms with Gasteiger partial charge >= 0.3 is 6.18 Å². The summed E-state index contributed by atoms with van der Waals surface area (Å²) in [5.74, 6) is -1.04. The van der Waals surface area contributed by atoms with Crippen LogP contribution < -0.4 is 16.0 Å². The Bertz CT molecular complexity index is 1220. The highest BCUT2D eigenvalue weighted by Crippen LogP contribution is 2.30. The van der Waals surface area contributed by atoms with E-state index in [-0.39, 0.29) is 11.5 Å². The number of hydrogen-bond acceptors (Lipinski definition) is 6.